The van der Waals surface area contributed by atoms with Crippen LogP contribution in [0.2, 0.25) is 0 Å². The van der Waals surface area contributed by atoms with E-state index in [4.69, 9.17) is 0 Å². The third-order valence-corrected chi connectivity index (χ3v) is 2.70. The van der Waals surface area contributed by atoms with Crippen LogP contribution in [0.3, 0.4) is 0 Å². The molecule has 0 saturated carbocycles. The highest BCUT2D eigenvalue weighted by Gasteiger charge is 2.08. The number of H-pyrrole nitrogens is 1. The summed E-state index contributed by atoms with van der Waals surface area (Å²) in [6, 6.07) is 4.81. The number of aryl methyl sites for hydroxylation is 1. The maximum Gasteiger partial charge on any atom is 0.271 e. The highest BCUT2D eigenvalue weighted by Crippen LogP contribution is 2.21. The normalized spacial score (nSPS) is 10.3. The van der Waals surface area contributed by atoms with E-state index in [-0.39, 0.29) is 10.6 Å². The minimum Gasteiger partial charge on any atom is -0.384 e. The van der Waals surface area contributed by atoms with Crippen LogP contribution in [-0.2, 0) is 6.42 Å². The lowest BCUT2D eigenvalue weighted by Crippen LogP contribution is -2.06. The molecule has 1 aromatic heterocycles. The van der Waals surface area contributed by atoms with Gasteiger partial charge in [0.1, 0.15) is 0 Å². The molecule has 1 aromatic carbocycles. The van der Waals surface area contributed by atoms with Crippen molar-refractivity contribution in [2.24, 2.45) is 0 Å². The first-order chi connectivity index (χ1) is 8.66. The average Bonchev–Trinajstić information content (AvgIpc) is 2.84. The highest BCUT2D eigenvalue weighted by atomic mass is 16.6. The van der Waals surface area contributed by atoms with Crippen LogP contribution in [0.25, 0.3) is 0 Å². The number of aromatic nitrogens is 2. The summed E-state index contributed by atoms with van der Waals surface area (Å²) in [6.45, 7) is 2.62. The fourth-order valence-electron chi connectivity index (χ4n) is 1.67. The van der Waals surface area contributed by atoms with E-state index in [1.165, 1.54) is 6.07 Å². The molecule has 0 radical (unpaired) electrons. The minimum atomic E-state index is -0.389. The second-order valence-corrected chi connectivity index (χ2v) is 4.01. The summed E-state index contributed by atoms with van der Waals surface area (Å²) >= 11 is 0. The fraction of sp³-hybridized carbons (Fsp3) is 0.250. The summed E-state index contributed by atoms with van der Waals surface area (Å²) in [5.41, 5.74) is 2.92. The average molecular weight is 246 g/mol. The molecular formula is C12H14N4O2. The molecule has 2 N–H and O–H groups in total. The number of non-ortho nitro benzene ring substituents is 1. The van der Waals surface area contributed by atoms with Crippen molar-refractivity contribution in [2.75, 3.05) is 11.9 Å². The van der Waals surface area contributed by atoms with E-state index >= 15 is 0 Å². The number of anilines is 1. The first-order valence-corrected chi connectivity index (χ1v) is 5.63. The molecule has 0 aliphatic heterocycles. The van der Waals surface area contributed by atoms with E-state index in [1.54, 1.807) is 24.7 Å². The van der Waals surface area contributed by atoms with Crippen LogP contribution >= 0.6 is 0 Å². The van der Waals surface area contributed by atoms with Crippen LogP contribution in [0.1, 0.15) is 11.3 Å². The van der Waals surface area contributed by atoms with Gasteiger partial charge in [0.25, 0.3) is 5.69 Å². The molecule has 6 heteroatoms. The molecule has 18 heavy (non-hydrogen) atoms. The van der Waals surface area contributed by atoms with Crippen molar-refractivity contribution in [2.45, 2.75) is 13.3 Å². The number of aromatic amines is 1. The van der Waals surface area contributed by atoms with E-state index in [2.05, 4.69) is 15.3 Å². The van der Waals surface area contributed by atoms with Crippen LogP contribution in [-0.4, -0.2) is 21.4 Å². The van der Waals surface area contributed by atoms with Gasteiger partial charge in [-0.25, -0.2) is 4.98 Å². The van der Waals surface area contributed by atoms with E-state index < -0.39 is 0 Å². The summed E-state index contributed by atoms with van der Waals surface area (Å²) in [6.07, 6.45) is 4.19. The number of rotatable bonds is 5. The monoisotopic (exact) mass is 246 g/mol. The molecule has 2 rings (SSSR count). The Morgan fingerprint density at radius 1 is 1.50 bits per heavy atom. The van der Waals surface area contributed by atoms with E-state index in [0.717, 1.165) is 23.4 Å². The lowest BCUT2D eigenvalue weighted by atomic mass is 10.2. The van der Waals surface area contributed by atoms with E-state index in [9.17, 15) is 10.1 Å². The van der Waals surface area contributed by atoms with Gasteiger partial charge in [-0.3, -0.25) is 10.1 Å². The Kier molecular flexibility index (Phi) is 3.57. The van der Waals surface area contributed by atoms with Crippen LogP contribution in [0.5, 0.6) is 0 Å². The molecule has 0 atom stereocenters. The van der Waals surface area contributed by atoms with E-state index in [0.29, 0.717) is 6.54 Å². The lowest BCUT2D eigenvalue weighted by molar-refractivity contribution is -0.384. The first-order valence-electron chi connectivity index (χ1n) is 5.63. The quantitative estimate of drug-likeness (QED) is 0.626. The van der Waals surface area contributed by atoms with Crippen molar-refractivity contribution in [3.8, 4) is 0 Å². The summed E-state index contributed by atoms with van der Waals surface area (Å²) in [4.78, 5) is 17.2. The molecule has 0 aliphatic carbocycles. The van der Waals surface area contributed by atoms with Crippen molar-refractivity contribution in [1.82, 2.24) is 9.97 Å². The zero-order chi connectivity index (χ0) is 13.0. The van der Waals surface area contributed by atoms with Gasteiger partial charge in [0, 0.05) is 42.7 Å². The SMILES string of the molecule is Cc1ccc([N+](=O)[O-])cc1NCCc1cnc[nH]1. The number of nitrogens with zero attached hydrogens (tertiary/aromatic N) is 2. The Morgan fingerprint density at radius 3 is 3.00 bits per heavy atom. The van der Waals surface area contributed by atoms with Gasteiger partial charge in [0.15, 0.2) is 0 Å². The number of hydrogen-bond donors (Lipinski definition) is 2. The molecule has 94 valence electrons. The Labute approximate surface area is 104 Å². The number of imidazole rings is 1. The maximum atomic E-state index is 10.7. The van der Waals surface area contributed by atoms with Gasteiger partial charge in [0.05, 0.1) is 11.3 Å². The van der Waals surface area contributed by atoms with Gasteiger partial charge >= 0.3 is 0 Å². The van der Waals surface area contributed by atoms with Gasteiger partial charge in [0.2, 0.25) is 0 Å². The van der Waals surface area contributed by atoms with E-state index in [1.807, 2.05) is 6.92 Å². The van der Waals surface area contributed by atoms with Crippen molar-refractivity contribution >= 4 is 11.4 Å². The Balaban J connectivity index is 2.00. The van der Waals surface area contributed by atoms with Crippen molar-refractivity contribution in [3.63, 3.8) is 0 Å². The Bertz CT molecular complexity index is 537. The lowest BCUT2D eigenvalue weighted by Gasteiger charge is -2.08. The molecule has 0 spiro atoms. The third-order valence-electron chi connectivity index (χ3n) is 2.70. The Morgan fingerprint density at radius 2 is 2.33 bits per heavy atom. The molecule has 1 heterocycles. The first kappa shape index (κ1) is 12.1. The van der Waals surface area contributed by atoms with Crippen molar-refractivity contribution < 1.29 is 4.92 Å². The predicted octanol–water partition coefficient (Wildman–Crippen LogP) is 2.28. The smallest absolute Gasteiger partial charge is 0.271 e. The minimum absolute atomic E-state index is 0.102. The number of hydrogen-bond acceptors (Lipinski definition) is 4. The van der Waals surface area contributed by atoms with Crippen LogP contribution in [0.15, 0.2) is 30.7 Å². The summed E-state index contributed by atoms with van der Waals surface area (Å²) < 4.78 is 0. The standard InChI is InChI=1S/C12H14N4O2/c1-9-2-3-11(16(17)18)6-12(9)14-5-4-10-7-13-8-15-10/h2-3,6-8,14H,4-5H2,1H3,(H,13,15). The largest absolute Gasteiger partial charge is 0.384 e. The molecule has 2 aromatic rings. The number of nitrogens with one attached hydrogen (secondary N) is 2. The molecule has 0 saturated heterocycles. The highest BCUT2D eigenvalue weighted by molar-refractivity contribution is 5.56. The predicted molar refractivity (Wildman–Crippen MR) is 68.6 cm³/mol. The van der Waals surface area contributed by atoms with Crippen LogP contribution in [0, 0.1) is 17.0 Å². The summed E-state index contributed by atoms with van der Waals surface area (Å²) in [5, 5.41) is 13.9. The van der Waals surface area contributed by atoms with Gasteiger partial charge in [-0.1, -0.05) is 6.07 Å². The number of benzene rings is 1. The third kappa shape index (κ3) is 2.85. The molecule has 0 fully saturated rings. The fourth-order valence-corrected chi connectivity index (χ4v) is 1.67. The zero-order valence-electron chi connectivity index (χ0n) is 10.0. The van der Waals surface area contributed by atoms with Crippen LogP contribution in [0.4, 0.5) is 11.4 Å². The van der Waals surface area contributed by atoms with Crippen molar-refractivity contribution in [1.29, 1.82) is 0 Å². The molecule has 0 amide bonds. The molecule has 0 unspecified atom stereocenters. The molecule has 0 bridgehead atoms. The second kappa shape index (κ2) is 5.31. The van der Waals surface area contributed by atoms with Gasteiger partial charge in [-0.05, 0) is 12.5 Å². The topological polar surface area (TPSA) is 83.8 Å². The van der Waals surface area contributed by atoms with Gasteiger partial charge in [-0.15, -0.1) is 0 Å². The maximum absolute atomic E-state index is 10.7. The molecule has 6 nitrogen and oxygen atoms in total. The Hall–Kier alpha value is -2.37. The molecule has 0 aliphatic rings. The second-order valence-electron chi connectivity index (χ2n) is 4.01. The van der Waals surface area contributed by atoms with Crippen molar-refractivity contribution in [3.05, 3.63) is 52.1 Å². The summed E-state index contributed by atoms with van der Waals surface area (Å²) in [7, 11) is 0. The zero-order valence-corrected chi connectivity index (χ0v) is 10.0. The van der Waals surface area contributed by atoms with Gasteiger partial charge in [-0.2, -0.15) is 0 Å². The number of nitro groups is 1. The molecular weight excluding hydrogens is 232 g/mol. The van der Waals surface area contributed by atoms with Gasteiger partial charge < -0.3 is 10.3 Å². The number of nitro benzene ring substituents is 1. The van der Waals surface area contributed by atoms with Crippen LogP contribution < -0.4 is 5.32 Å². The summed E-state index contributed by atoms with van der Waals surface area (Å²) in [5.74, 6) is 0.